The minimum atomic E-state index is -3.28. The minimum Gasteiger partial charge on any atom is -0.212 e. The standard InChI is InChI=1S/C9H17ClO2S/c10-13(11,12)8-9-6-4-2-1-3-5-7-9/h9H,1-8H2. The Morgan fingerprint density at radius 1 is 1.00 bits per heavy atom. The first kappa shape index (κ1) is 11.3. The zero-order chi connectivity index (χ0) is 9.73. The first-order valence-corrected chi connectivity index (χ1v) is 7.48. The molecular formula is C9H17ClO2S. The zero-order valence-corrected chi connectivity index (χ0v) is 9.41. The number of hydrogen-bond acceptors (Lipinski definition) is 2. The van der Waals surface area contributed by atoms with Crippen molar-refractivity contribution in [2.75, 3.05) is 5.75 Å². The van der Waals surface area contributed by atoms with Crippen molar-refractivity contribution in [3.05, 3.63) is 0 Å². The Morgan fingerprint density at radius 2 is 1.46 bits per heavy atom. The molecule has 1 fully saturated rings. The van der Waals surface area contributed by atoms with Crippen molar-refractivity contribution in [1.29, 1.82) is 0 Å². The van der Waals surface area contributed by atoms with E-state index in [1.54, 1.807) is 0 Å². The molecule has 0 radical (unpaired) electrons. The molecule has 0 aliphatic heterocycles. The normalized spacial score (nSPS) is 22.2. The molecule has 1 aliphatic carbocycles. The monoisotopic (exact) mass is 224 g/mol. The Morgan fingerprint density at radius 3 is 1.92 bits per heavy atom. The van der Waals surface area contributed by atoms with Gasteiger partial charge < -0.3 is 0 Å². The molecule has 0 amide bonds. The number of hydrogen-bond donors (Lipinski definition) is 0. The van der Waals surface area contributed by atoms with Gasteiger partial charge in [-0.1, -0.05) is 32.1 Å². The van der Waals surface area contributed by atoms with E-state index in [-0.39, 0.29) is 5.75 Å². The molecule has 2 nitrogen and oxygen atoms in total. The van der Waals surface area contributed by atoms with Gasteiger partial charge >= 0.3 is 0 Å². The van der Waals surface area contributed by atoms with E-state index >= 15 is 0 Å². The second kappa shape index (κ2) is 5.20. The Balaban J connectivity index is 2.38. The lowest BCUT2D eigenvalue weighted by Gasteiger charge is -2.17. The highest BCUT2D eigenvalue weighted by atomic mass is 35.7. The Bertz CT molecular complexity index is 228. The first-order chi connectivity index (χ1) is 6.08. The summed E-state index contributed by atoms with van der Waals surface area (Å²) in [5.74, 6) is 0.483. The highest BCUT2D eigenvalue weighted by molar-refractivity contribution is 8.13. The summed E-state index contributed by atoms with van der Waals surface area (Å²) in [5, 5.41) is 0. The predicted octanol–water partition coefficient (Wildman–Crippen LogP) is 2.92. The fourth-order valence-corrected chi connectivity index (χ4v) is 3.42. The summed E-state index contributed by atoms with van der Waals surface area (Å²) in [4.78, 5) is 0. The van der Waals surface area contributed by atoms with Gasteiger partial charge in [0, 0.05) is 10.7 Å². The lowest BCUT2D eigenvalue weighted by atomic mass is 9.93. The topological polar surface area (TPSA) is 34.1 Å². The summed E-state index contributed by atoms with van der Waals surface area (Å²) < 4.78 is 21.7. The Hall–Kier alpha value is 0.240. The summed E-state index contributed by atoms with van der Waals surface area (Å²) in [6.45, 7) is 0. The van der Waals surface area contributed by atoms with E-state index < -0.39 is 9.05 Å². The van der Waals surface area contributed by atoms with Gasteiger partial charge in [0.05, 0.1) is 5.75 Å². The average Bonchev–Trinajstić information content (AvgIpc) is 1.92. The van der Waals surface area contributed by atoms with Gasteiger partial charge in [0.25, 0.3) is 0 Å². The second-order valence-corrected chi connectivity index (χ2v) is 6.74. The van der Waals surface area contributed by atoms with Crippen molar-refractivity contribution >= 4 is 19.7 Å². The van der Waals surface area contributed by atoms with Crippen LogP contribution in [0.5, 0.6) is 0 Å². The van der Waals surface area contributed by atoms with E-state index in [2.05, 4.69) is 0 Å². The van der Waals surface area contributed by atoms with Gasteiger partial charge in [0.2, 0.25) is 9.05 Å². The van der Waals surface area contributed by atoms with Crippen molar-refractivity contribution in [3.8, 4) is 0 Å². The average molecular weight is 225 g/mol. The predicted molar refractivity (Wildman–Crippen MR) is 55.4 cm³/mol. The molecule has 0 aromatic carbocycles. The van der Waals surface area contributed by atoms with Gasteiger partial charge in [-0.3, -0.25) is 0 Å². The largest absolute Gasteiger partial charge is 0.232 e. The molecular weight excluding hydrogens is 208 g/mol. The molecule has 0 aromatic rings. The van der Waals surface area contributed by atoms with Crippen LogP contribution in [0.2, 0.25) is 0 Å². The molecule has 13 heavy (non-hydrogen) atoms. The lowest BCUT2D eigenvalue weighted by Crippen LogP contribution is -2.13. The highest BCUT2D eigenvalue weighted by Gasteiger charge is 2.17. The van der Waals surface area contributed by atoms with E-state index in [4.69, 9.17) is 10.7 Å². The fourth-order valence-electron chi connectivity index (χ4n) is 1.99. The summed E-state index contributed by atoms with van der Waals surface area (Å²) >= 11 is 0. The van der Waals surface area contributed by atoms with Gasteiger partial charge in [0.15, 0.2) is 0 Å². The molecule has 1 aliphatic rings. The smallest absolute Gasteiger partial charge is 0.212 e. The Labute approximate surface area is 85.1 Å². The maximum Gasteiger partial charge on any atom is 0.232 e. The quantitative estimate of drug-likeness (QED) is 0.676. The van der Waals surface area contributed by atoms with Gasteiger partial charge in [0.1, 0.15) is 0 Å². The third-order valence-electron chi connectivity index (χ3n) is 2.66. The molecule has 0 saturated heterocycles. The van der Waals surface area contributed by atoms with Gasteiger partial charge in [-0.15, -0.1) is 0 Å². The number of rotatable bonds is 2. The van der Waals surface area contributed by atoms with E-state index in [1.807, 2.05) is 0 Å². The Kier molecular flexibility index (Phi) is 4.53. The maximum atomic E-state index is 10.9. The van der Waals surface area contributed by atoms with Crippen LogP contribution in [-0.2, 0) is 9.05 Å². The van der Waals surface area contributed by atoms with E-state index in [9.17, 15) is 8.42 Å². The van der Waals surface area contributed by atoms with Crippen molar-refractivity contribution in [1.82, 2.24) is 0 Å². The molecule has 0 bridgehead atoms. The van der Waals surface area contributed by atoms with Crippen molar-refractivity contribution in [2.24, 2.45) is 5.92 Å². The van der Waals surface area contributed by atoms with Gasteiger partial charge in [-0.25, -0.2) is 8.42 Å². The van der Waals surface area contributed by atoms with Crippen LogP contribution in [0, 0.1) is 5.92 Å². The van der Waals surface area contributed by atoms with Crippen molar-refractivity contribution in [2.45, 2.75) is 44.9 Å². The third kappa shape index (κ3) is 5.53. The zero-order valence-electron chi connectivity index (χ0n) is 7.84. The van der Waals surface area contributed by atoms with E-state index in [0.717, 1.165) is 25.7 Å². The van der Waals surface area contributed by atoms with Crippen LogP contribution in [0.3, 0.4) is 0 Å². The molecule has 1 rings (SSSR count). The van der Waals surface area contributed by atoms with Crippen LogP contribution in [-0.4, -0.2) is 14.2 Å². The van der Waals surface area contributed by atoms with Crippen LogP contribution in [0.15, 0.2) is 0 Å². The van der Waals surface area contributed by atoms with Crippen LogP contribution in [0.1, 0.15) is 44.9 Å². The molecule has 0 unspecified atom stereocenters. The van der Waals surface area contributed by atoms with Crippen LogP contribution in [0.25, 0.3) is 0 Å². The third-order valence-corrected chi connectivity index (χ3v) is 3.91. The molecule has 0 heterocycles. The molecule has 0 aromatic heterocycles. The van der Waals surface area contributed by atoms with Crippen LogP contribution in [0.4, 0.5) is 0 Å². The highest BCUT2D eigenvalue weighted by Crippen LogP contribution is 2.24. The van der Waals surface area contributed by atoms with E-state index in [1.165, 1.54) is 19.3 Å². The van der Waals surface area contributed by atoms with Crippen molar-refractivity contribution < 1.29 is 8.42 Å². The minimum absolute atomic E-state index is 0.175. The molecule has 1 saturated carbocycles. The first-order valence-electron chi connectivity index (χ1n) is 5.00. The molecule has 4 heteroatoms. The molecule has 78 valence electrons. The lowest BCUT2D eigenvalue weighted by molar-refractivity contribution is 0.404. The van der Waals surface area contributed by atoms with Crippen LogP contribution >= 0.6 is 10.7 Å². The van der Waals surface area contributed by atoms with E-state index in [0.29, 0.717) is 5.92 Å². The summed E-state index contributed by atoms with van der Waals surface area (Å²) in [6, 6.07) is 0. The second-order valence-electron chi connectivity index (χ2n) is 3.92. The van der Waals surface area contributed by atoms with Gasteiger partial charge in [-0.05, 0) is 18.8 Å². The summed E-state index contributed by atoms with van der Waals surface area (Å²) in [6.07, 6.45) is 8.20. The molecule has 0 spiro atoms. The summed E-state index contributed by atoms with van der Waals surface area (Å²) in [5.41, 5.74) is 0. The molecule has 0 atom stereocenters. The maximum absolute atomic E-state index is 10.9. The van der Waals surface area contributed by atoms with Gasteiger partial charge in [-0.2, -0.15) is 0 Å². The van der Waals surface area contributed by atoms with Crippen LogP contribution < -0.4 is 0 Å². The summed E-state index contributed by atoms with van der Waals surface area (Å²) in [7, 11) is 1.95. The fraction of sp³-hybridized carbons (Fsp3) is 1.00. The SMILES string of the molecule is O=S(=O)(Cl)CC1CCCCCCC1. The number of halogens is 1. The molecule has 0 N–H and O–H groups in total. The van der Waals surface area contributed by atoms with Crippen molar-refractivity contribution in [3.63, 3.8) is 0 Å².